The fourth-order valence-electron chi connectivity index (χ4n) is 1.43. The Labute approximate surface area is 117 Å². The van der Waals surface area contributed by atoms with Crippen molar-refractivity contribution in [1.29, 1.82) is 0 Å². The number of aromatic nitrogens is 1. The summed E-state index contributed by atoms with van der Waals surface area (Å²) in [6, 6.07) is 7.47. The normalized spacial score (nSPS) is 12.1. The van der Waals surface area contributed by atoms with Crippen LogP contribution >= 0.6 is 33.9 Å². The number of amides is 1. The lowest BCUT2D eigenvalue weighted by molar-refractivity contribution is 0.0939. The molecule has 1 aromatic heterocycles. The number of thiazole rings is 1. The van der Waals surface area contributed by atoms with E-state index < -0.39 is 0 Å². The van der Waals surface area contributed by atoms with Crippen LogP contribution in [0.3, 0.4) is 0 Å². The van der Waals surface area contributed by atoms with Crippen molar-refractivity contribution < 1.29 is 4.79 Å². The number of carbonyl (C=O) groups is 1. The Morgan fingerprint density at radius 1 is 1.47 bits per heavy atom. The van der Waals surface area contributed by atoms with Crippen molar-refractivity contribution in [3.63, 3.8) is 0 Å². The SMILES string of the molecule is CC(NC(=O)c1ccccc1I)c1nccs1. The topological polar surface area (TPSA) is 42.0 Å². The number of hydrogen-bond acceptors (Lipinski definition) is 3. The van der Waals surface area contributed by atoms with Crippen LogP contribution in [0.4, 0.5) is 0 Å². The number of rotatable bonds is 3. The molecular formula is C12H11IN2OS. The van der Waals surface area contributed by atoms with Crippen molar-refractivity contribution >= 4 is 39.8 Å². The molecule has 17 heavy (non-hydrogen) atoms. The maximum Gasteiger partial charge on any atom is 0.252 e. The van der Waals surface area contributed by atoms with Crippen LogP contribution in [0.5, 0.6) is 0 Å². The smallest absolute Gasteiger partial charge is 0.252 e. The summed E-state index contributed by atoms with van der Waals surface area (Å²) in [5.74, 6) is -0.0577. The molecule has 1 atom stereocenters. The average molecular weight is 358 g/mol. The third kappa shape index (κ3) is 3.04. The van der Waals surface area contributed by atoms with E-state index in [4.69, 9.17) is 0 Å². The van der Waals surface area contributed by atoms with Crippen LogP contribution in [0, 0.1) is 3.57 Å². The van der Waals surface area contributed by atoms with Crippen LogP contribution in [-0.2, 0) is 0 Å². The van der Waals surface area contributed by atoms with Gasteiger partial charge in [0.15, 0.2) is 0 Å². The van der Waals surface area contributed by atoms with Gasteiger partial charge >= 0.3 is 0 Å². The highest BCUT2D eigenvalue weighted by Crippen LogP contribution is 2.17. The minimum atomic E-state index is -0.0577. The second-order valence-corrected chi connectivity index (χ2v) is 5.63. The summed E-state index contributed by atoms with van der Waals surface area (Å²) in [5.41, 5.74) is 0.705. The quantitative estimate of drug-likeness (QED) is 0.856. The second kappa shape index (κ2) is 5.59. The van der Waals surface area contributed by atoms with Gasteiger partial charge in [-0.05, 0) is 41.6 Å². The van der Waals surface area contributed by atoms with Gasteiger partial charge in [0.05, 0.1) is 11.6 Å². The molecule has 2 aromatic rings. The lowest BCUT2D eigenvalue weighted by Crippen LogP contribution is -2.27. The molecule has 2 rings (SSSR count). The van der Waals surface area contributed by atoms with Crippen molar-refractivity contribution in [2.24, 2.45) is 0 Å². The Morgan fingerprint density at radius 2 is 2.24 bits per heavy atom. The largest absolute Gasteiger partial charge is 0.343 e. The zero-order valence-electron chi connectivity index (χ0n) is 9.18. The molecule has 1 amide bonds. The molecule has 1 N–H and O–H groups in total. The predicted octanol–water partition coefficient (Wildman–Crippen LogP) is 3.24. The van der Waals surface area contributed by atoms with Gasteiger partial charge in [0, 0.05) is 15.1 Å². The van der Waals surface area contributed by atoms with E-state index in [1.165, 1.54) is 0 Å². The molecule has 5 heteroatoms. The Hall–Kier alpha value is -0.950. The van der Waals surface area contributed by atoms with E-state index in [1.54, 1.807) is 17.5 Å². The first-order valence-corrected chi connectivity index (χ1v) is 7.09. The Kier molecular flexibility index (Phi) is 4.11. The summed E-state index contributed by atoms with van der Waals surface area (Å²) in [5, 5.41) is 5.77. The highest BCUT2D eigenvalue weighted by Gasteiger charge is 2.14. The van der Waals surface area contributed by atoms with Crippen LogP contribution < -0.4 is 5.32 Å². The van der Waals surface area contributed by atoms with Crippen molar-refractivity contribution in [3.8, 4) is 0 Å². The zero-order chi connectivity index (χ0) is 12.3. The molecule has 1 unspecified atom stereocenters. The summed E-state index contributed by atoms with van der Waals surface area (Å²) in [6.07, 6.45) is 1.74. The molecule has 88 valence electrons. The van der Waals surface area contributed by atoms with Crippen LogP contribution in [-0.4, -0.2) is 10.9 Å². The number of halogens is 1. The molecule has 0 aliphatic heterocycles. The van der Waals surface area contributed by atoms with E-state index in [9.17, 15) is 4.79 Å². The first kappa shape index (κ1) is 12.5. The van der Waals surface area contributed by atoms with Crippen LogP contribution in [0.1, 0.15) is 28.3 Å². The van der Waals surface area contributed by atoms with E-state index in [1.807, 2.05) is 36.6 Å². The lowest BCUT2D eigenvalue weighted by atomic mass is 10.2. The number of benzene rings is 1. The Bertz CT molecular complexity index is 513. The number of carbonyl (C=O) groups excluding carboxylic acids is 1. The van der Waals surface area contributed by atoms with E-state index in [0.29, 0.717) is 5.56 Å². The van der Waals surface area contributed by atoms with Gasteiger partial charge in [-0.25, -0.2) is 4.98 Å². The third-order valence-corrected chi connectivity index (χ3v) is 4.19. The van der Waals surface area contributed by atoms with Gasteiger partial charge in [0.25, 0.3) is 5.91 Å². The summed E-state index contributed by atoms with van der Waals surface area (Å²) < 4.78 is 0.953. The van der Waals surface area contributed by atoms with Gasteiger partial charge in [-0.3, -0.25) is 4.79 Å². The summed E-state index contributed by atoms with van der Waals surface area (Å²) in [6.45, 7) is 1.94. The number of nitrogens with one attached hydrogen (secondary N) is 1. The van der Waals surface area contributed by atoms with Gasteiger partial charge in [0.1, 0.15) is 5.01 Å². The van der Waals surface area contributed by atoms with Crippen molar-refractivity contribution in [2.45, 2.75) is 13.0 Å². The predicted molar refractivity (Wildman–Crippen MR) is 77.2 cm³/mol. The van der Waals surface area contributed by atoms with Crippen molar-refractivity contribution in [1.82, 2.24) is 10.3 Å². The van der Waals surface area contributed by atoms with Crippen molar-refractivity contribution in [2.75, 3.05) is 0 Å². The number of hydrogen-bond donors (Lipinski definition) is 1. The fourth-order valence-corrected chi connectivity index (χ4v) is 2.71. The average Bonchev–Trinajstić information content (AvgIpc) is 2.82. The van der Waals surface area contributed by atoms with Gasteiger partial charge in [-0.2, -0.15) is 0 Å². The third-order valence-electron chi connectivity index (χ3n) is 2.29. The highest BCUT2D eigenvalue weighted by molar-refractivity contribution is 14.1. The standard InChI is InChI=1S/C12H11IN2OS/c1-8(12-14-6-7-17-12)15-11(16)9-4-2-3-5-10(9)13/h2-8H,1H3,(H,15,16). The molecule has 0 spiro atoms. The molecule has 0 radical (unpaired) electrons. The van der Waals surface area contributed by atoms with Crippen LogP contribution in [0.2, 0.25) is 0 Å². The maximum absolute atomic E-state index is 12.0. The summed E-state index contributed by atoms with van der Waals surface area (Å²) >= 11 is 3.71. The molecule has 0 aliphatic carbocycles. The van der Waals surface area contributed by atoms with Crippen LogP contribution in [0.15, 0.2) is 35.8 Å². The highest BCUT2D eigenvalue weighted by atomic mass is 127. The molecule has 0 saturated carbocycles. The molecule has 0 saturated heterocycles. The zero-order valence-corrected chi connectivity index (χ0v) is 12.2. The van der Waals surface area contributed by atoms with Gasteiger partial charge in [-0.1, -0.05) is 12.1 Å². The minimum Gasteiger partial charge on any atom is -0.343 e. The molecule has 0 bridgehead atoms. The van der Waals surface area contributed by atoms with Crippen LogP contribution in [0.25, 0.3) is 0 Å². The Morgan fingerprint density at radius 3 is 2.88 bits per heavy atom. The van der Waals surface area contributed by atoms with E-state index in [0.717, 1.165) is 8.58 Å². The molecule has 0 fully saturated rings. The summed E-state index contributed by atoms with van der Waals surface area (Å²) in [7, 11) is 0. The minimum absolute atomic E-state index is 0.0569. The van der Waals surface area contributed by atoms with Crippen molar-refractivity contribution in [3.05, 3.63) is 50.0 Å². The molecule has 1 aromatic carbocycles. The van der Waals surface area contributed by atoms with E-state index >= 15 is 0 Å². The summed E-state index contributed by atoms with van der Waals surface area (Å²) in [4.78, 5) is 16.2. The Balaban J connectivity index is 2.10. The lowest BCUT2D eigenvalue weighted by Gasteiger charge is -2.11. The van der Waals surface area contributed by atoms with Gasteiger partial charge < -0.3 is 5.32 Å². The first-order valence-electron chi connectivity index (χ1n) is 5.13. The molecule has 0 aliphatic rings. The van der Waals surface area contributed by atoms with E-state index in [2.05, 4.69) is 32.9 Å². The number of nitrogens with zero attached hydrogens (tertiary/aromatic N) is 1. The fraction of sp³-hybridized carbons (Fsp3) is 0.167. The second-order valence-electron chi connectivity index (χ2n) is 3.55. The molecular weight excluding hydrogens is 347 g/mol. The molecule has 3 nitrogen and oxygen atoms in total. The first-order chi connectivity index (χ1) is 8.18. The molecule has 1 heterocycles. The van der Waals surface area contributed by atoms with E-state index in [-0.39, 0.29) is 11.9 Å². The maximum atomic E-state index is 12.0. The van der Waals surface area contributed by atoms with Gasteiger partial charge in [0.2, 0.25) is 0 Å². The monoisotopic (exact) mass is 358 g/mol. The van der Waals surface area contributed by atoms with Gasteiger partial charge in [-0.15, -0.1) is 11.3 Å².